The Morgan fingerprint density at radius 3 is 2.32 bits per heavy atom. The van der Waals surface area contributed by atoms with Crippen LogP contribution in [-0.4, -0.2) is 47.1 Å². The summed E-state index contributed by atoms with van der Waals surface area (Å²) in [6.45, 7) is 3.76. The van der Waals surface area contributed by atoms with E-state index in [1.807, 2.05) is 30.3 Å². The number of anilines is 2. The minimum absolute atomic E-state index is 0.0268. The number of hydrogen-bond acceptors (Lipinski definition) is 10. The molecule has 0 aliphatic heterocycles. The first-order valence-corrected chi connectivity index (χ1v) is 13.9. The maximum atomic E-state index is 13.0. The van der Waals surface area contributed by atoms with E-state index in [1.54, 1.807) is 50.2 Å². The number of nitrogens with one attached hydrogen (secondary N) is 1. The summed E-state index contributed by atoms with van der Waals surface area (Å²) in [5, 5.41) is 3.32. The molecule has 41 heavy (non-hydrogen) atoms. The molecule has 0 saturated carbocycles. The maximum Gasteiger partial charge on any atom is 0.328 e. The Morgan fingerprint density at radius 1 is 0.927 bits per heavy atom. The lowest BCUT2D eigenvalue weighted by atomic mass is 10.1. The number of ether oxygens (including phenoxy) is 2. The Bertz CT molecular complexity index is 1550. The van der Waals surface area contributed by atoms with Gasteiger partial charge in [0, 0.05) is 28.1 Å². The fraction of sp³-hybridized carbons (Fsp3) is 0.233. The van der Waals surface area contributed by atoms with Crippen LogP contribution >= 0.6 is 11.8 Å². The zero-order valence-corrected chi connectivity index (χ0v) is 23.6. The molecule has 0 aliphatic carbocycles. The van der Waals surface area contributed by atoms with Gasteiger partial charge in [0.15, 0.2) is 0 Å². The van der Waals surface area contributed by atoms with Gasteiger partial charge in [0.1, 0.15) is 22.3 Å². The Hall–Kier alpha value is -4.64. The molecular formula is C30H31N5O5S. The predicted molar refractivity (Wildman–Crippen MR) is 158 cm³/mol. The number of hydrogen-bond donors (Lipinski definition) is 3. The first-order chi connectivity index (χ1) is 19.8. The van der Waals surface area contributed by atoms with Gasteiger partial charge in [-0.2, -0.15) is 0 Å². The van der Waals surface area contributed by atoms with Crippen molar-refractivity contribution in [2.24, 2.45) is 0 Å². The van der Waals surface area contributed by atoms with Crippen molar-refractivity contribution < 1.29 is 23.9 Å². The molecule has 0 radical (unpaired) electrons. The number of aromatic nitrogens is 2. The van der Waals surface area contributed by atoms with Gasteiger partial charge in [-0.15, -0.1) is 0 Å². The van der Waals surface area contributed by atoms with Crippen LogP contribution in [0.3, 0.4) is 0 Å². The molecule has 1 unspecified atom stereocenters. The van der Waals surface area contributed by atoms with Crippen molar-refractivity contribution in [1.29, 1.82) is 0 Å². The van der Waals surface area contributed by atoms with Gasteiger partial charge in [0.25, 0.3) is 5.91 Å². The fourth-order valence-corrected chi connectivity index (χ4v) is 4.96. The van der Waals surface area contributed by atoms with Gasteiger partial charge in [0.2, 0.25) is 0 Å². The highest BCUT2D eigenvalue weighted by Gasteiger charge is 2.24. The van der Waals surface area contributed by atoms with E-state index in [1.165, 1.54) is 11.8 Å². The van der Waals surface area contributed by atoms with Crippen molar-refractivity contribution in [3.63, 3.8) is 0 Å². The molecule has 0 spiro atoms. The second kappa shape index (κ2) is 13.6. The predicted octanol–water partition coefficient (Wildman–Crippen LogP) is 4.62. The van der Waals surface area contributed by atoms with Crippen molar-refractivity contribution >= 4 is 52.0 Å². The Balaban J connectivity index is 1.55. The summed E-state index contributed by atoms with van der Waals surface area (Å²) in [5.41, 5.74) is 16.1. The molecule has 4 rings (SSSR count). The third kappa shape index (κ3) is 7.52. The van der Waals surface area contributed by atoms with Crippen molar-refractivity contribution in [2.75, 3.05) is 24.7 Å². The van der Waals surface area contributed by atoms with Crippen LogP contribution in [0.5, 0.6) is 0 Å². The molecule has 10 nitrogen and oxygen atoms in total. The van der Waals surface area contributed by atoms with Gasteiger partial charge in [-0.25, -0.2) is 14.8 Å². The van der Waals surface area contributed by atoms with Crippen molar-refractivity contribution in [3.05, 3.63) is 72.3 Å². The number of nitrogen functional groups attached to an aromatic ring is 2. The summed E-state index contributed by atoms with van der Waals surface area (Å²) in [4.78, 5) is 47.6. The van der Waals surface area contributed by atoms with Crippen LogP contribution in [0.15, 0.2) is 76.7 Å². The monoisotopic (exact) mass is 573 g/mol. The molecular weight excluding hydrogens is 542 g/mol. The molecule has 1 aromatic heterocycles. The van der Waals surface area contributed by atoms with E-state index >= 15 is 0 Å². The van der Waals surface area contributed by atoms with E-state index in [0.717, 1.165) is 10.5 Å². The highest BCUT2D eigenvalue weighted by atomic mass is 32.2. The first-order valence-electron chi connectivity index (χ1n) is 13.1. The van der Waals surface area contributed by atoms with Gasteiger partial charge in [-0.05, 0) is 56.7 Å². The average Bonchev–Trinajstić information content (AvgIpc) is 2.96. The van der Waals surface area contributed by atoms with Gasteiger partial charge in [-0.1, -0.05) is 42.1 Å². The topological polar surface area (TPSA) is 160 Å². The minimum Gasteiger partial charge on any atom is -0.466 e. The average molecular weight is 574 g/mol. The fourth-order valence-electron chi connectivity index (χ4n) is 4.06. The second-order valence-corrected chi connectivity index (χ2v) is 10.0. The highest BCUT2D eigenvalue weighted by Crippen LogP contribution is 2.36. The molecule has 0 saturated heterocycles. The van der Waals surface area contributed by atoms with E-state index in [9.17, 15) is 14.4 Å². The highest BCUT2D eigenvalue weighted by molar-refractivity contribution is 7.99. The van der Waals surface area contributed by atoms with Gasteiger partial charge < -0.3 is 26.3 Å². The SMILES string of the molecule is CCOC(=O)CCC(NC(=O)c1ccc(Sc2nc3cc(N)cc(N)c3nc2-c2ccccc2)cc1)C(=O)OCC. The van der Waals surface area contributed by atoms with Crippen LogP contribution in [0.4, 0.5) is 11.4 Å². The largest absolute Gasteiger partial charge is 0.466 e. The molecule has 11 heteroatoms. The lowest BCUT2D eigenvalue weighted by molar-refractivity contribution is -0.146. The number of nitrogens with zero attached hydrogens (tertiary/aromatic N) is 2. The van der Waals surface area contributed by atoms with Crippen LogP contribution in [-0.2, 0) is 19.1 Å². The Labute approximate surface area is 241 Å². The van der Waals surface area contributed by atoms with Crippen LogP contribution in [0.1, 0.15) is 37.0 Å². The zero-order valence-electron chi connectivity index (χ0n) is 22.8. The number of fused-ring (bicyclic) bond motifs is 1. The quantitative estimate of drug-likeness (QED) is 0.171. The number of carbonyl (C=O) groups excluding carboxylic acids is 3. The molecule has 0 bridgehead atoms. The molecule has 4 aromatic rings. The van der Waals surface area contributed by atoms with Crippen molar-refractivity contribution in [2.45, 2.75) is 42.7 Å². The summed E-state index contributed by atoms with van der Waals surface area (Å²) in [6.07, 6.45) is 0.0380. The Morgan fingerprint density at radius 2 is 1.63 bits per heavy atom. The van der Waals surface area contributed by atoms with Crippen molar-refractivity contribution in [3.8, 4) is 11.3 Å². The van der Waals surface area contributed by atoms with Gasteiger partial charge in [0.05, 0.1) is 24.4 Å². The maximum absolute atomic E-state index is 13.0. The number of benzene rings is 3. The molecule has 1 amide bonds. The lowest BCUT2D eigenvalue weighted by Gasteiger charge is -2.17. The number of nitrogens with two attached hydrogens (primary N) is 2. The molecule has 5 N–H and O–H groups in total. The summed E-state index contributed by atoms with van der Waals surface area (Å²) in [7, 11) is 0. The number of amides is 1. The summed E-state index contributed by atoms with van der Waals surface area (Å²) < 4.78 is 10.0. The van der Waals surface area contributed by atoms with Crippen LogP contribution in [0, 0.1) is 0 Å². The third-order valence-corrected chi connectivity index (χ3v) is 6.97. The minimum atomic E-state index is -0.984. The third-order valence-electron chi connectivity index (χ3n) is 5.99. The number of esters is 2. The molecule has 3 aromatic carbocycles. The van der Waals surface area contributed by atoms with Gasteiger partial charge >= 0.3 is 11.9 Å². The van der Waals surface area contributed by atoms with Crippen LogP contribution < -0.4 is 16.8 Å². The summed E-state index contributed by atoms with van der Waals surface area (Å²) in [6, 6.07) is 18.9. The number of rotatable bonds is 11. The smallest absolute Gasteiger partial charge is 0.328 e. The van der Waals surface area contributed by atoms with E-state index < -0.39 is 23.9 Å². The van der Waals surface area contributed by atoms with Gasteiger partial charge in [-0.3, -0.25) is 9.59 Å². The van der Waals surface area contributed by atoms with Crippen LogP contribution in [0.2, 0.25) is 0 Å². The molecule has 0 fully saturated rings. The molecule has 1 heterocycles. The van der Waals surface area contributed by atoms with E-state index in [0.29, 0.717) is 38.7 Å². The standard InChI is InChI=1S/C30H31N5O5S/c1-3-39-25(36)15-14-23(30(38)40-4-2)33-28(37)19-10-12-21(13-11-19)41-29-26(18-8-6-5-7-9-18)35-27-22(32)16-20(31)17-24(27)34-29/h5-13,16-17,23H,3-4,14-15,31-32H2,1-2H3,(H,33,37). The van der Waals surface area contributed by atoms with E-state index in [2.05, 4.69) is 5.32 Å². The van der Waals surface area contributed by atoms with Crippen molar-refractivity contribution in [1.82, 2.24) is 15.3 Å². The molecule has 1 atom stereocenters. The molecule has 0 aliphatic rings. The zero-order chi connectivity index (χ0) is 29.4. The van der Waals surface area contributed by atoms with E-state index in [-0.39, 0.29) is 26.1 Å². The number of carbonyl (C=O) groups is 3. The summed E-state index contributed by atoms with van der Waals surface area (Å²) in [5.74, 6) is -1.53. The first kappa shape index (κ1) is 29.3. The summed E-state index contributed by atoms with van der Waals surface area (Å²) >= 11 is 1.38. The lowest BCUT2D eigenvalue weighted by Crippen LogP contribution is -2.42. The second-order valence-electron chi connectivity index (χ2n) is 8.97. The Kier molecular flexibility index (Phi) is 9.75. The van der Waals surface area contributed by atoms with E-state index in [4.69, 9.17) is 30.9 Å². The van der Waals surface area contributed by atoms with Crippen LogP contribution in [0.25, 0.3) is 22.3 Å². The normalized spacial score (nSPS) is 11.6. The molecule has 212 valence electrons.